The lowest BCUT2D eigenvalue weighted by atomic mass is 10.0. The summed E-state index contributed by atoms with van der Waals surface area (Å²) < 4.78 is 0. The Bertz CT molecular complexity index is 682. The molecule has 0 aliphatic heterocycles. The van der Waals surface area contributed by atoms with Crippen molar-refractivity contribution in [1.29, 1.82) is 0 Å². The number of aromatic nitrogens is 2. The molecule has 0 saturated carbocycles. The van der Waals surface area contributed by atoms with Gasteiger partial charge in [-0.3, -0.25) is 9.97 Å². The number of hydrogen-bond acceptors (Lipinski definition) is 3. The summed E-state index contributed by atoms with van der Waals surface area (Å²) in [5, 5.41) is 11.3. The molecule has 0 aliphatic rings. The average molecular weight is 250 g/mol. The number of para-hydroxylation sites is 1. The van der Waals surface area contributed by atoms with Gasteiger partial charge in [0, 0.05) is 29.9 Å². The summed E-state index contributed by atoms with van der Waals surface area (Å²) in [6.07, 6.45) is 3.39. The molecule has 0 amide bonds. The third-order valence-corrected chi connectivity index (χ3v) is 3.13. The van der Waals surface area contributed by atoms with E-state index in [0.29, 0.717) is 6.42 Å². The molecule has 3 nitrogen and oxygen atoms in total. The van der Waals surface area contributed by atoms with Gasteiger partial charge in [-0.25, -0.2) is 0 Å². The first-order chi connectivity index (χ1) is 9.33. The van der Waals surface area contributed by atoms with Gasteiger partial charge in [0.2, 0.25) is 0 Å². The molecule has 3 aromatic rings. The minimum atomic E-state index is -0.577. The Labute approximate surface area is 111 Å². The van der Waals surface area contributed by atoms with E-state index in [4.69, 9.17) is 0 Å². The highest BCUT2D eigenvalue weighted by atomic mass is 16.3. The van der Waals surface area contributed by atoms with Gasteiger partial charge in [-0.1, -0.05) is 24.3 Å². The molecule has 1 aromatic carbocycles. The summed E-state index contributed by atoms with van der Waals surface area (Å²) in [5.74, 6) is 0. The van der Waals surface area contributed by atoms with Gasteiger partial charge in [0.25, 0.3) is 0 Å². The Hall–Kier alpha value is -2.26. The number of benzene rings is 1. The second-order valence-electron chi connectivity index (χ2n) is 4.50. The fourth-order valence-corrected chi connectivity index (χ4v) is 2.11. The molecular formula is C16H14N2O. The van der Waals surface area contributed by atoms with E-state index in [0.717, 1.165) is 22.2 Å². The van der Waals surface area contributed by atoms with Crippen molar-refractivity contribution >= 4 is 10.9 Å². The largest absolute Gasteiger partial charge is 0.388 e. The molecule has 94 valence electrons. The highest BCUT2D eigenvalue weighted by molar-refractivity contribution is 5.78. The second kappa shape index (κ2) is 5.16. The minimum Gasteiger partial charge on any atom is -0.388 e. The van der Waals surface area contributed by atoms with Crippen LogP contribution in [0.4, 0.5) is 0 Å². The van der Waals surface area contributed by atoms with Gasteiger partial charge in [-0.05, 0) is 29.8 Å². The quantitative estimate of drug-likeness (QED) is 0.777. The lowest BCUT2D eigenvalue weighted by Crippen LogP contribution is -2.03. The van der Waals surface area contributed by atoms with Crippen LogP contribution in [-0.4, -0.2) is 15.1 Å². The summed E-state index contributed by atoms with van der Waals surface area (Å²) in [4.78, 5) is 8.59. The summed E-state index contributed by atoms with van der Waals surface area (Å²) in [7, 11) is 0. The summed E-state index contributed by atoms with van der Waals surface area (Å²) in [5.41, 5.74) is 2.64. The van der Waals surface area contributed by atoms with Crippen molar-refractivity contribution in [3.63, 3.8) is 0 Å². The SMILES string of the molecule is OC(Cc1ccccn1)c1cnc2ccccc2c1. The number of rotatable bonds is 3. The van der Waals surface area contributed by atoms with Crippen LogP contribution >= 0.6 is 0 Å². The van der Waals surface area contributed by atoms with Gasteiger partial charge in [0.15, 0.2) is 0 Å². The van der Waals surface area contributed by atoms with Gasteiger partial charge >= 0.3 is 0 Å². The van der Waals surface area contributed by atoms with Gasteiger partial charge in [-0.15, -0.1) is 0 Å². The maximum atomic E-state index is 10.3. The smallest absolute Gasteiger partial charge is 0.0860 e. The van der Waals surface area contributed by atoms with Crippen molar-refractivity contribution in [2.24, 2.45) is 0 Å². The highest BCUT2D eigenvalue weighted by Crippen LogP contribution is 2.20. The third kappa shape index (κ3) is 2.61. The monoisotopic (exact) mass is 250 g/mol. The Morgan fingerprint density at radius 3 is 2.68 bits per heavy atom. The maximum absolute atomic E-state index is 10.3. The van der Waals surface area contributed by atoms with Crippen LogP contribution in [0.25, 0.3) is 10.9 Å². The van der Waals surface area contributed by atoms with Crippen molar-refractivity contribution in [1.82, 2.24) is 9.97 Å². The molecule has 1 unspecified atom stereocenters. The summed E-state index contributed by atoms with van der Waals surface area (Å²) in [6.45, 7) is 0. The predicted molar refractivity (Wildman–Crippen MR) is 74.6 cm³/mol. The van der Waals surface area contributed by atoms with E-state index in [1.54, 1.807) is 12.4 Å². The van der Waals surface area contributed by atoms with E-state index < -0.39 is 6.10 Å². The molecule has 0 fully saturated rings. The standard InChI is InChI=1S/C16H14N2O/c19-16(10-14-6-3-4-8-17-14)13-9-12-5-1-2-7-15(12)18-11-13/h1-9,11,16,19H,10H2. The Kier molecular flexibility index (Phi) is 3.21. The molecule has 3 rings (SSSR count). The molecule has 19 heavy (non-hydrogen) atoms. The first-order valence-corrected chi connectivity index (χ1v) is 6.25. The Balaban J connectivity index is 1.87. The van der Waals surface area contributed by atoms with Gasteiger partial charge in [-0.2, -0.15) is 0 Å². The third-order valence-electron chi connectivity index (χ3n) is 3.13. The lowest BCUT2D eigenvalue weighted by Gasteiger charge is -2.10. The van der Waals surface area contributed by atoms with E-state index in [1.807, 2.05) is 48.5 Å². The molecule has 0 aliphatic carbocycles. The first kappa shape index (κ1) is 11.8. The molecule has 3 heteroatoms. The van der Waals surface area contributed by atoms with Crippen molar-refractivity contribution in [2.45, 2.75) is 12.5 Å². The highest BCUT2D eigenvalue weighted by Gasteiger charge is 2.10. The van der Waals surface area contributed by atoms with Crippen LogP contribution in [0.1, 0.15) is 17.4 Å². The molecule has 0 spiro atoms. The van der Waals surface area contributed by atoms with Crippen LogP contribution < -0.4 is 0 Å². The fourth-order valence-electron chi connectivity index (χ4n) is 2.11. The second-order valence-corrected chi connectivity index (χ2v) is 4.50. The lowest BCUT2D eigenvalue weighted by molar-refractivity contribution is 0.177. The molecule has 2 heterocycles. The number of aliphatic hydroxyl groups excluding tert-OH is 1. The Morgan fingerprint density at radius 2 is 1.84 bits per heavy atom. The molecule has 1 atom stereocenters. The zero-order valence-electron chi connectivity index (χ0n) is 10.4. The van der Waals surface area contributed by atoms with E-state index in [-0.39, 0.29) is 0 Å². The number of hydrogen-bond donors (Lipinski definition) is 1. The number of nitrogens with zero attached hydrogens (tertiary/aromatic N) is 2. The van der Waals surface area contributed by atoms with Crippen molar-refractivity contribution in [3.8, 4) is 0 Å². The maximum Gasteiger partial charge on any atom is 0.0860 e. The molecule has 2 aromatic heterocycles. The molecule has 0 bridgehead atoms. The normalized spacial score (nSPS) is 12.5. The predicted octanol–water partition coefficient (Wildman–Crippen LogP) is 2.91. The summed E-state index contributed by atoms with van der Waals surface area (Å²) in [6, 6.07) is 15.6. The average Bonchev–Trinajstić information content (AvgIpc) is 2.48. The molecule has 0 saturated heterocycles. The zero-order valence-corrected chi connectivity index (χ0v) is 10.4. The summed E-state index contributed by atoms with van der Waals surface area (Å²) >= 11 is 0. The van der Waals surface area contributed by atoms with Crippen molar-refractivity contribution < 1.29 is 5.11 Å². The van der Waals surface area contributed by atoms with Crippen molar-refractivity contribution in [3.05, 3.63) is 72.2 Å². The number of aliphatic hydroxyl groups is 1. The van der Waals surface area contributed by atoms with E-state index in [2.05, 4.69) is 9.97 Å². The molecule has 1 N–H and O–H groups in total. The van der Waals surface area contributed by atoms with E-state index >= 15 is 0 Å². The van der Waals surface area contributed by atoms with Gasteiger partial charge in [0.1, 0.15) is 0 Å². The topological polar surface area (TPSA) is 46.0 Å². The Morgan fingerprint density at radius 1 is 1.00 bits per heavy atom. The number of pyridine rings is 2. The zero-order chi connectivity index (χ0) is 13.1. The van der Waals surface area contributed by atoms with Crippen LogP contribution in [-0.2, 0) is 6.42 Å². The van der Waals surface area contributed by atoms with E-state index in [1.165, 1.54) is 0 Å². The van der Waals surface area contributed by atoms with Crippen LogP contribution in [0.3, 0.4) is 0 Å². The van der Waals surface area contributed by atoms with E-state index in [9.17, 15) is 5.11 Å². The van der Waals surface area contributed by atoms with Gasteiger partial charge in [0.05, 0.1) is 11.6 Å². The fraction of sp³-hybridized carbons (Fsp3) is 0.125. The molecular weight excluding hydrogens is 236 g/mol. The van der Waals surface area contributed by atoms with Gasteiger partial charge < -0.3 is 5.11 Å². The minimum absolute atomic E-state index is 0.501. The van der Waals surface area contributed by atoms with Crippen LogP contribution in [0, 0.1) is 0 Å². The molecule has 0 radical (unpaired) electrons. The number of fused-ring (bicyclic) bond motifs is 1. The van der Waals surface area contributed by atoms with Crippen LogP contribution in [0.15, 0.2) is 60.9 Å². The van der Waals surface area contributed by atoms with Crippen LogP contribution in [0.2, 0.25) is 0 Å². The van der Waals surface area contributed by atoms with Crippen molar-refractivity contribution in [2.75, 3.05) is 0 Å². The van der Waals surface area contributed by atoms with Crippen LogP contribution in [0.5, 0.6) is 0 Å². The first-order valence-electron chi connectivity index (χ1n) is 6.25.